The van der Waals surface area contributed by atoms with Crippen molar-refractivity contribution in [2.75, 3.05) is 0 Å². The first-order valence-corrected chi connectivity index (χ1v) is 18.6. The molecule has 0 atom stereocenters. The molecule has 0 radical (unpaired) electrons. The zero-order chi connectivity index (χ0) is 35.0. The average Bonchev–Trinajstić information content (AvgIpc) is 3.89. The lowest BCUT2D eigenvalue weighted by Gasteiger charge is -2.31. The summed E-state index contributed by atoms with van der Waals surface area (Å²) in [6.45, 7) is 0. The summed E-state index contributed by atoms with van der Waals surface area (Å²) in [5.41, 5.74) is 20.3. The van der Waals surface area contributed by atoms with E-state index in [0.29, 0.717) is 0 Å². The number of rotatable bonds is 2. The molecule has 0 aliphatic heterocycles. The minimum absolute atomic E-state index is 0.455. The van der Waals surface area contributed by atoms with Crippen LogP contribution in [-0.2, 0) is 19.5 Å². The fourth-order valence-corrected chi connectivity index (χ4v) is 10.4. The van der Waals surface area contributed by atoms with Crippen molar-refractivity contribution >= 4 is 43.6 Å². The highest BCUT2D eigenvalue weighted by molar-refractivity contribution is 6.16. The lowest BCUT2D eigenvalue weighted by molar-refractivity contribution is 0.794. The molecule has 10 aromatic rings. The average molecular weight is 675 g/mol. The number of para-hydroxylation sites is 2. The summed E-state index contributed by atoms with van der Waals surface area (Å²) in [5, 5.41) is 5.21. The molecule has 12 rings (SSSR count). The van der Waals surface area contributed by atoms with Gasteiger partial charge in [0.2, 0.25) is 0 Å². The summed E-state index contributed by atoms with van der Waals surface area (Å²) in [4.78, 5) is 0. The van der Waals surface area contributed by atoms with E-state index in [-0.39, 0.29) is 0 Å². The molecule has 0 N–H and O–H groups in total. The zero-order valence-electron chi connectivity index (χ0n) is 29.6. The maximum absolute atomic E-state index is 2.52. The fourth-order valence-electron chi connectivity index (χ4n) is 10.4. The van der Waals surface area contributed by atoms with Crippen LogP contribution in [0.1, 0.15) is 22.3 Å². The summed E-state index contributed by atoms with van der Waals surface area (Å²) in [7, 11) is 4.37. The second-order valence-electron chi connectivity index (χ2n) is 14.9. The Morgan fingerprint density at radius 2 is 0.698 bits per heavy atom. The number of aromatic nitrogens is 2. The van der Waals surface area contributed by atoms with Crippen LogP contribution in [0.15, 0.2) is 170 Å². The highest BCUT2D eigenvalue weighted by Gasteiger charge is 2.51. The van der Waals surface area contributed by atoms with Gasteiger partial charge in [0, 0.05) is 57.7 Å². The van der Waals surface area contributed by atoms with Crippen molar-refractivity contribution in [3.8, 4) is 44.5 Å². The highest BCUT2D eigenvalue weighted by Crippen LogP contribution is 2.63. The first kappa shape index (κ1) is 29.0. The molecule has 2 heterocycles. The third kappa shape index (κ3) is 3.53. The van der Waals surface area contributed by atoms with Gasteiger partial charge in [-0.05, 0) is 103 Å². The monoisotopic (exact) mass is 674 g/mol. The number of nitrogens with zero attached hydrogens (tertiary/aromatic N) is 2. The molecular formula is C51H34N2. The summed E-state index contributed by atoms with van der Waals surface area (Å²) in [6, 6.07) is 64.0. The van der Waals surface area contributed by atoms with Gasteiger partial charge in [0.1, 0.15) is 0 Å². The number of benzene rings is 8. The molecule has 248 valence electrons. The number of hydrogen-bond donors (Lipinski definition) is 0. The van der Waals surface area contributed by atoms with Crippen LogP contribution in [0.25, 0.3) is 88.1 Å². The number of aryl methyl sites for hydroxylation is 2. The number of hydrogen-bond acceptors (Lipinski definition) is 0. The highest BCUT2D eigenvalue weighted by atomic mass is 14.9. The Balaban J connectivity index is 1.17. The Kier molecular flexibility index (Phi) is 5.60. The molecule has 2 nitrogen and oxygen atoms in total. The predicted molar refractivity (Wildman–Crippen MR) is 222 cm³/mol. The second-order valence-corrected chi connectivity index (χ2v) is 14.9. The van der Waals surface area contributed by atoms with E-state index in [9.17, 15) is 0 Å². The van der Waals surface area contributed by atoms with Gasteiger partial charge in [-0.2, -0.15) is 0 Å². The van der Waals surface area contributed by atoms with Crippen LogP contribution < -0.4 is 0 Å². The Bertz CT molecular complexity index is 2990. The molecule has 2 heteroatoms. The van der Waals surface area contributed by atoms with Gasteiger partial charge in [-0.15, -0.1) is 0 Å². The van der Waals surface area contributed by atoms with E-state index in [1.165, 1.54) is 110 Å². The Labute approximate surface area is 307 Å². The van der Waals surface area contributed by atoms with Crippen LogP contribution in [0.3, 0.4) is 0 Å². The van der Waals surface area contributed by atoms with Crippen molar-refractivity contribution in [2.45, 2.75) is 5.41 Å². The van der Waals surface area contributed by atoms with E-state index < -0.39 is 5.41 Å². The normalized spacial score (nSPS) is 13.6. The molecule has 0 saturated carbocycles. The van der Waals surface area contributed by atoms with Crippen LogP contribution >= 0.6 is 0 Å². The van der Waals surface area contributed by atoms with E-state index in [4.69, 9.17) is 0 Å². The van der Waals surface area contributed by atoms with Gasteiger partial charge < -0.3 is 9.13 Å². The van der Waals surface area contributed by atoms with Crippen molar-refractivity contribution in [3.63, 3.8) is 0 Å². The van der Waals surface area contributed by atoms with Crippen LogP contribution in [0.5, 0.6) is 0 Å². The van der Waals surface area contributed by atoms with Gasteiger partial charge >= 0.3 is 0 Å². The van der Waals surface area contributed by atoms with E-state index in [2.05, 4.69) is 193 Å². The standard InChI is InChI=1S/C51H34N2/c1-52-45-21-9-5-15-39(45)49-33(17-11-23-47(49)52)31-25-27-37-38-28-26-32(34-18-12-24-48-50(34)40-16-6-10-22-46(40)53(48)2)30-44(38)51(43(37)29-31)41-19-7-3-13-35(41)36-14-4-8-20-42(36)51/h3-30H,1-2H3. The van der Waals surface area contributed by atoms with Crippen molar-refractivity contribution in [1.29, 1.82) is 0 Å². The van der Waals surface area contributed by atoms with Crippen LogP contribution in [-0.4, -0.2) is 9.13 Å². The third-order valence-corrected chi connectivity index (χ3v) is 12.6. The van der Waals surface area contributed by atoms with Crippen LogP contribution in [0.4, 0.5) is 0 Å². The molecule has 0 saturated heterocycles. The number of fused-ring (bicyclic) bond motifs is 16. The maximum atomic E-state index is 2.52. The molecule has 8 aromatic carbocycles. The van der Waals surface area contributed by atoms with Crippen molar-refractivity contribution in [2.24, 2.45) is 14.1 Å². The summed E-state index contributed by atoms with van der Waals surface area (Å²) in [6.07, 6.45) is 0. The Morgan fingerprint density at radius 3 is 1.19 bits per heavy atom. The molecule has 2 aliphatic carbocycles. The molecule has 53 heavy (non-hydrogen) atoms. The topological polar surface area (TPSA) is 9.86 Å². The fraction of sp³-hybridized carbons (Fsp3) is 0.0588. The SMILES string of the molecule is Cn1c2ccccc2c2c(-c3ccc4c(c3)C3(c5ccccc5-c5ccccc53)c3cc(-c5cccc6c5c5ccccc5n6C)ccc3-4)cccc21. The van der Waals surface area contributed by atoms with Crippen molar-refractivity contribution in [3.05, 3.63) is 192 Å². The van der Waals surface area contributed by atoms with E-state index in [0.717, 1.165) is 0 Å². The van der Waals surface area contributed by atoms with Gasteiger partial charge in [-0.25, -0.2) is 0 Å². The predicted octanol–water partition coefficient (Wildman–Crippen LogP) is 12.7. The van der Waals surface area contributed by atoms with Gasteiger partial charge in [0.25, 0.3) is 0 Å². The lowest BCUT2D eigenvalue weighted by atomic mass is 9.70. The second kappa shape index (κ2) is 10.2. The molecular weight excluding hydrogens is 641 g/mol. The molecule has 0 bridgehead atoms. The van der Waals surface area contributed by atoms with Gasteiger partial charge in [0.15, 0.2) is 0 Å². The molecule has 2 aliphatic rings. The quantitative estimate of drug-likeness (QED) is 0.173. The maximum Gasteiger partial charge on any atom is 0.0725 e. The Morgan fingerprint density at radius 1 is 0.321 bits per heavy atom. The summed E-state index contributed by atoms with van der Waals surface area (Å²) >= 11 is 0. The third-order valence-electron chi connectivity index (χ3n) is 12.6. The molecule has 0 unspecified atom stereocenters. The first-order chi connectivity index (χ1) is 26.1. The van der Waals surface area contributed by atoms with E-state index in [1.54, 1.807) is 0 Å². The Hall–Kier alpha value is -6.64. The van der Waals surface area contributed by atoms with Crippen LogP contribution in [0.2, 0.25) is 0 Å². The van der Waals surface area contributed by atoms with Gasteiger partial charge in [-0.1, -0.05) is 133 Å². The molecule has 0 fully saturated rings. The van der Waals surface area contributed by atoms with Crippen LogP contribution in [0, 0.1) is 0 Å². The van der Waals surface area contributed by atoms with E-state index >= 15 is 0 Å². The molecule has 0 amide bonds. The molecule has 1 spiro atoms. The largest absolute Gasteiger partial charge is 0.344 e. The minimum atomic E-state index is -0.455. The lowest BCUT2D eigenvalue weighted by Crippen LogP contribution is -2.26. The van der Waals surface area contributed by atoms with Crippen molar-refractivity contribution in [1.82, 2.24) is 9.13 Å². The van der Waals surface area contributed by atoms with Crippen molar-refractivity contribution < 1.29 is 0 Å². The molecule has 2 aromatic heterocycles. The summed E-state index contributed by atoms with van der Waals surface area (Å²) in [5.74, 6) is 0. The van der Waals surface area contributed by atoms with Gasteiger partial charge in [-0.3, -0.25) is 0 Å². The summed E-state index contributed by atoms with van der Waals surface area (Å²) < 4.78 is 4.67. The minimum Gasteiger partial charge on any atom is -0.344 e. The van der Waals surface area contributed by atoms with Gasteiger partial charge in [0.05, 0.1) is 5.41 Å². The first-order valence-electron chi connectivity index (χ1n) is 18.6. The smallest absolute Gasteiger partial charge is 0.0725 e. The van der Waals surface area contributed by atoms with E-state index in [1.807, 2.05) is 0 Å². The zero-order valence-corrected chi connectivity index (χ0v) is 29.6.